The minimum Gasteiger partial charge on any atom is -0.493 e. The van der Waals surface area contributed by atoms with E-state index < -0.39 is 11.7 Å². The van der Waals surface area contributed by atoms with Crippen LogP contribution >= 0.6 is 0 Å². The van der Waals surface area contributed by atoms with Crippen LogP contribution < -0.4 is 20.9 Å². The zero-order valence-corrected chi connectivity index (χ0v) is 15.7. The molecular formula is C20H19F3N4O2. The van der Waals surface area contributed by atoms with Gasteiger partial charge in [0.15, 0.2) is 11.5 Å². The molecule has 0 aliphatic carbocycles. The molecule has 0 aliphatic rings. The van der Waals surface area contributed by atoms with Gasteiger partial charge in [0.05, 0.1) is 19.8 Å². The van der Waals surface area contributed by atoms with Crippen LogP contribution in [0.3, 0.4) is 0 Å². The number of aromatic nitrogens is 2. The minimum absolute atomic E-state index is 0.0732. The molecule has 2 aromatic carbocycles. The minimum atomic E-state index is -4.41. The molecule has 0 radical (unpaired) electrons. The van der Waals surface area contributed by atoms with Crippen molar-refractivity contribution < 1.29 is 22.6 Å². The molecule has 0 aliphatic heterocycles. The average molecular weight is 404 g/mol. The Labute approximate surface area is 165 Å². The van der Waals surface area contributed by atoms with Gasteiger partial charge in [0.2, 0.25) is 5.95 Å². The van der Waals surface area contributed by atoms with Crippen LogP contribution in [-0.4, -0.2) is 24.2 Å². The van der Waals surface area contributed by atoms with Gasteiger partial charge in [-0.05, 0) is 35.4 Å². The van der Waals surface area contributed by atoms with Gasteiger partial charge in [-0.3, -0.25) is 0 Å². The summed E-state index contributed by atoms with van der Waals surface area (Å²) in [5, 5.41) is 0. The van der Waals surface area contributed by atoms with Crippen LogP contribution in [0, 0.1) is 0 Å². The lowest BCUT2D eigenvalue weighted by molar-refractivity contribution is -0.137. The van der Waals surface area contributed by atoms with Crippen molar-refractivity contribution in [2.24, 2.45) is 0 Å². The smallest absolute Gasteiger partial charge is 0.416 e. The number of anilines is 2. The van der Waals surface area contributed by atoms with Crippen LogP contribution in [0.5, 0.6) is 11.5 Å². The van der Waals surface area contributed by atoms with Crippen molar-refractivity contribution in [3.8, 4) is 22.6 Å². The number of nitrogen functional groups attached to an aromatic ring is 2. The maximum atomic E-state index is 12.9. The van der Waals surface area contributed by atoms with Crippen LogP contribution in [-0.2, 0) is 12.6 Å². The number of benzene rings is 2. The number of ether oxygens (including phenoxy) is 2. The van der Waals surface area contributed by atoms with E-state index in [0.29, 0.717) is 34.6 Å². The summed E-state index contributed by atoms with van der Waals surface area (Å²) in [6.45, 7) is 0. The first-order valence-corrected chi connectivity index (χ1v) is 8.52. The summed E-state index contributed by atoms with van der Waals surface area (Å²) in [7, 11) is 2.95. The lowest BCUT2D eigenvalue weighted by atomic mass is 9.97. The van der Waals surface area contributed by atoms with Gasteiger partial charge in [-0.1, -0.05) is 12.1 Å². The topological polar surface area (TPSA) is 96.3 Å². The van der Waals surface area contributed by atoms with Crippen molar-refractivity contribution in [1.82, 2.24) is 9.97 Å². The molecule has 0 fully saturated rings. The Hall–Kier alpha value is -3.49. The van der Waals surface area contributed by atoms with Gasteiger partial charge < -0.3 is 20.9 Å². The zero-order valence-electron chi connectivity index (χ0n) is 15.7. The summed E-state index contributed by atoms with van der Waals surface area (Å²) < 4.78 is 49.5. The lowest BCUT2D eigenvalue weighted by Gasteiger charge is -2.16. The van der Waals surface area contributed by atoms with E-state index in [4.69, 9.17) is 20.9 Å². The summed E-state index contributed by atoms with van der Waals surface area (Å²) in [6.07, 6.45) is -2.50. The fourth-order valence-corrected chi connectivity index (χ4v) is 2.97. The van der Waals surface area contributed by atoms with Gasteiger partial charge in [0.1, 0.15) is 5.82 Å². The molecule has 3 rings (SSSR count). The number of nitrogens with two attached hydrogens (primary N) is 2. The van der Waals surface area contributed by atoms with Crippen molar-refractivity contribution in [2.75, 3.05) is 25.7 Å². The highest BCUT2D eigenvalue weighted by molar-refractivity contribution is 5.75. The number of alkyl halides is 3. The molecule has 0 bridgehead atoms. The first-order valence-electron chi connectivity index (χ1n) is 8.52. The lowest BCUT2D eigenvalue weighted by Crippen LogP contribution is -2.05. The number of hydrogen-bond acceptors (Lipinski definition) is 6. The Balaban J connectivity index is 2.07. The van der Waals surface area contributed by atoms with Gasteiger partial charge in [0, 0.05) is 23.7 Å². The Kier molecular flexibility index (Phi) is 5.49. The van der Waals surface area contributed by atoms with E-state index in [1.54, 1.807) is 12.1 Å². The fraction of sp³-hybridized carbons (Fsp3) is 0.200. The monoisotopic (exact) mass is 404 g/mol. The molecule has 3 aromatic rings. The molecule has 4 N–H and O–H groups in total. The maximum Gasteiger partial charge on any atom is 0.416 e. The number of hydrogen-bond donors (Lipinski definition) is 2. The third-order valence-electron chi connectivity index (χ3n) is 4.37. The second kappa shape index (κ2) is 7.86. The Morgan fingerprint density at radius 3 is 2.24 bits per heavy atom. The van der Waals surface area contributed by atoms with E-state index in [0.717, 1.165) is 17.7 Å². The molecule has 0 atom stereocenters. The molecular weight excluding hydrogens is 385 g/mol. The summed E-state index contributed by atoms with van der Waals surface area (Å²) >= 11 is 0. The van der Waals surface area contributed by atoms with E-state index in [-0.39, 0.29) is 11.8 Å². The van der Waals surface area contributed by atoms with E-state index in [9.17, 15) is 13.2 Å². The van der Waals surface area contributed by atoms with Gasteiger partial charge in [0.25, 0.3) is 0 Å². The maximum absolute atomic E-state index is 12.9. The molecule has 0 unspecified atom stereocenters. The van der Waals surface area contributed by atoms with Crippen LogP contribution in [0.1, 0.15) is 16.7 Å². The van der Waals surface area contributed by atoms with Crippen molar-refractivity contribution in [3.05, 3.63) is 59.3 Å². The molecule has 1 aromatic heterocycles. The fourth-order valence-electron chi connectivity index (χ4n) is 2.97. The predicted molar refractivity (Wildman–Crippen MR) is 104 cm³/mol. The molecule has 0 saturated heterocycles. The van der Waals surface area contributed by atoms with Crippen molar-refractivity contribution in [1.29, 1.82) is 0 Å². The highest BCUT2D eigenvalue weighted by atomic mass is 19.4. The zero-order chi connectivity index (χ0) is 21.2. The molecule has 0 saturated carbocycles. The van der Waals surface area contributed by atoms with Gasteiger partial charge >= 0.3 is 6.18 Å². The largest absolute Gasteiger partial charge is 0.493 e. The second-order valence-electron chi connectivity index (χ2n) is 6.27. The Bertz CT molecular complexity index is 1020. The summed E-state index contributed by atoms with van der Waals surface area (Å²) in [6, 6.07) is 8.41. The molecule has 29 heavy (non-hydrogen) atoms. The molecule has 1 heterocycles. The summed E-state index contributed by atoms with van der Waals surface area (Å²) in [5.41, 5.74) is 13.3. The first kappa shape index (κ1) is 20.2. The predicted octanol–water partition coefficient (Wildman–Crippen LogP) is 3.93. The average Bonchev–Trinajstić information content (AvgIpc) is 2.68. The van der Waals surface area contributed by atoms with E-state index >= 15 is 0 Å². The molecule has 152 valence electrons. The van der Waals surface area contributed by atoms with Crippen LogP contribution in [0.4, 0.5) is 24.9 Å². The van der Waals surface area contributed by atoms with E-state index in [2.05, 4.69) is 9.97 Å². The molecule has 6 nitrogen and oxygen atoms in total. The van der Waals surface area contributed by atoms with E-state index in [1.165, 1.54) is 32.5 Å². The highest BCUT2D eigenvalue weighted by Crippen LogP contribution is 2.41. The first-order chi connectivity index (χ1) is 13.7. The standard InChI is InChI=1S/C20H19F3N4O2/c1-28-16-9-11(7-13-10-26-19(25)27-18(13)24)8-15(17(16)29-2)12-3-5-14(6-4-12)20(21,22)23/h3-6,8-10H,7H2,1-2H3,(H4,24,25,26,27). The SMILES string of the molecule is COc1cc(Cc2cnc(N)nc2N)cc(-c2ccc(C(F)(F)F)cc2)c1OC. The second-order valence-corrected chi connectivity index (χ2v) is 6.27. The summed E-state index contributed by atoms with van der Waals surface area (Å²) in [5.74, 6) is 1.18. The third kappa shape index (κ3) is 4.34. The van der Waals surface area contributed by atoms with Gasteiger partial charge in [-0.2, -0.15) is 18.2 Å². The molecule has 0 amide bonds. The van der Waals surface area contributed by atoms with Crippen LogP contribution in [0.15, 0.2) is 42.6 Å². The Morgan fingerprint density at radius 1 is 1.00 bits per heavy atom. The normalized spacial score (nSPS) is 11.3. The van der Waals surface area contributed by atoms with Crippen LogP contribution in [0.25, 0.3) is 11.1 Å². The Morgan fingerprint density at radius 2 is 1.69 bits per heavy atom. The molecule has 0 spiro atoms. The quantitative estimate of drug-likeness (QED) is 0.669. The number of methoxy groups -OCH3 is 2. The van der Waals surface area contributed by atoms with E-state index in [1.807, 2.05) is 0 Å². The highest BCUT2D eigenvalue weighted by Gasteiger charge is 2.30. The number of rotatable bonds is 5. The number of halogens is 3. The van der Waals surface area contributed by atoms with Crippen molar-refractivity contribution in [2.45, 2.75) is 12.6 Å². The van der Waals surface area contributed by atoms with Gasteiger partial charge in [-0.25, -0.2) is 4.98 Å². The van der Waals surface area contributed by atoms with Crippen molar-refractivity contribution in [3.63, 3.8) is 0 Å². The third-order valence-corrected chi connectivity index (χ3v) is 4.37. The summed E-state index contributed by atoms with van der Waals surface area (Å²) in [4.78, 5) is 7.89. The van der Waals surface area contributed by atoms with Gasteiger partial charge in [-0.15, -0.1) is 0 Å². The van der Waals surface area contributed by atoms with Crippen LogP contribution in [0.2, 0.25) is 0 Å². The van der Waals surface area contributed by atoms with Crippen molar-refractivity contribution >= 4 is 11.8 Å². The molecule has 9 heteroatoms. The number of nitrogens with zero attached hydrogens (tertiary/aromatic N) is 2.